The Kier molecular flexibility index (Phi) is 4.39. The summed E-state index contributed by atoms with van der Waals surface area (Å²) < 4.78 is 1.04. The van der Waals surface area contributed by atoms with Crippen LogP contribution in [0.15, 0.2) is 24.3 Å². The second-order valence-corrected chi connectivity index (χ2v) is 5.76. The Morgan fingerprint density at radius 1 is 1.35 bits per heavy atom. The predicted octanol–water partition coefficient (Wildman–Crippen LogP) is 3.19. The van der Waals surface area contributed by atoms with Gasteiger partial charge in [-0.3, -0.25) is 4.79 Å². The van der Waals surface area contributed by atoms with E-state index >= 15 is 0 Å². The molecule has 2 aromatic rings. The topological polar surface area (TPSA) is 66.4 Å². The zero-order valence-electron chi connectivity index (χ0n) is 11.5. The van der Waals surface area contributed by atoms with Crippen molar-refractivity contribution in [3.05, 3.63) is 34.7 Å². The molecule has 1 unspecified atom stereocenters. The minimum absolute atomic E-state index is 0.301. The molecule has 2 rings (SSSR count). The third kappa shape index (κ3) is 2.82. The molecule has 0 bridgehead atoms. The molecule has 5 heteroatoms. The number of carboxylic acid groups (broad SMARTS) is 1. The lowest BCUT2D eigenvalue weighted by Crippen LogP contribution is -2.40. The van der Waals surface area contributed by atoms with Crippen molar-refractivity contribution in [2.24, 2.45) is 0 Å². The molecule has 4 nitrogen and oxygen atoms in total. The lowest BCUT2D eigenvalue weighted by atomic mass is 10.1. The van der Waals surface area contributed by atoms with Crippen LogP contribution in [0.3, 0.4) is 0 Å². The predicted molar refractivity (Wildman–Crippen MR) is 80.4 cm³/mol. The first-order valence-corrected chi connectivity index (χ1v) is 7.38. The fourth-order valence-corrected chi connectivity index (χ4v) is 3.27. The summed E-state index contributed by atoms with van der Waals surface area (Å²) in [6.45, 7) is 3.79. The zero-order valence-corrected chi connectivity index (χ0v) is 12.3. The van der Waals surface area contributed by atoms with Gasteiger partial charge in [-0.15, -0.1) is 11.3 Å². The number of hydrogen-bond acceptors (Lipinski definition) is 3. The number of aryl methyl sites for hydroxylation is 1. The molecular weight excluding hydrogens is 274 g/mol. The molecule has 0 radical (unpaired) electrons. The van der Waals surface area contributed by atoms with E-state index in [1.54, 1.807) is 0 Å². The number of thiophene rings is 1. The molecule has 1 heterocycles. The van der Waals surface area contributed by atoms with Gasteiger partial charge in [0.25, 0.3) is 5.91 Å². The van der Waals surface area contributed by atoms with Crippen molar-refractivity contribution in [3.63, 3.8) is 0 Å². The average Bonchev–Trinajstić information content (AvgIpc) is 2.76. The van der Waals surface area contributed by atoms with Gasteiger partial charge in [-0.05, 0) is 30.4 Å². The van der Waals surface area contributed by atoms with Crippen LogP contribution in [0.1, 0.15) is 35.0 Å². The quantitative estimate of drug-likeness (QED) is 0.889. The first-order chi connectivity index (χ1) is 9.54. The number of fused-ring (bicyclic) bond motifs is 1. The summed E-state index contributed by atoms with van der Waals surface area (Å²) in [7, 11) is 0. The van der Waals surface area contributed by atoms with E-state index in [2.05, 4.69) is 5.32 Å². The van der Waals surface area contributed by atoms with Crippen molar-refractivity contribution in [1.82, 2.24) is 5.32 Å². The number of rotatable bonds is 5. The number of carbonyl (C=O) groups is 2. The van der Waals surface area contributed by atoms with Gasteiger partial charge in [0.2, 0.25) is 0 Å². The van der Waals surface area contributed by atoms with Crippen LogP contribution in [-0.4, -0.2) is 23.0 Å². The van der Waals surface area contributed by atoms with Gasteiger partial charge in [0.05, 0.1) is 4.88 Å². The molecule has 1 atom stereocenters. The summed E-state index contributed by atoms with van der Waals surface area (Å²) in [6.07, 6.45) is 1.15. The smallest absolute Gasteiger partial charge is 0.326 e. The summed E-state index contributed by atoms with van der Waals surface area (Å²) in [5.41, 5.74) is 0.906. The molecule has 1 aromatic heterocycles. The molecule has 0 fully saturated rings. The van der Waals surface area contributed by atoms with Gasteiger partial charge in [-0.1, -0.05) is 31.5 Å². The molecule has 1 amide bonds. The SMILES string of the molecule is CCCC(NC(=O)c1sc2ccccc2c1C)C(=O)O. The third-order valence-electron chi connectivity index (χ3n) is 3.23. The molecule has 106 valence electrons. The van der Waals surface area contributed by atoms with E-state index in [0.29, 0.717) is 17.7 Å². The van der Waals surface area contributed by atoms with E-state index in [4.69, 9.17) is 5.11 Å². The van der Waals surface area contributed by atoms with E-state index in [1.807, 2.05) is 38.1 Å². The number of aliphatic carboxylic acids is 1. The maximum absolute atomic E-state index is 12.3. The molecule has 0 aliphatic carbocycles. The molecule has 0 saturated heterocycles. The van der Waals surface area contributed by atoms with Crippen LogP contribution in [0.5, 0.6) is 0 Å². The van der Waals surface area contributed by atoms with Crippen LogP contribution >= 0.6 is 11.3 Å². The summed E-state index contributed by atoms with van der Waals surface area (Å²) in [4.78, 5) is 24.0. The molecule has 0 saturated carbocycles. The highest BCUT2D eigenvalue weighted by Gasteiger charge is 2.22. The number of nitrogens with one attached hydrogen (secondary N) is 1. The molecular formula is C15H17NO3S. The Labute approximate surface area is 121 Å². The van der Waals surface area contributed by atoms with Gasteiger partial charge in [0.1, 0.15) is 6.04 Å². The van der Waals surface area contributed by atoms with Gasteiger partial charge in [0, 0.05) is 4.70 Å². The molecule has 1 aromatic carbocycles. The average molecular weight is 291 g/mol. The Morgan fingerprint density at radius 2 is 2.05 bits per heavy atom. The number of carbonyl (C=O) groups excluding carboxylic acids is 1. The number of benzene rings is 1. The second-order valence-electron chi connectivity index (χ2n) is 4.71. The highest BCUT2D eigenvalue weighted by Crippen LogP contribution is 2.30. The molecule has 0 spiro atoms. The van der Waals surface area contributed by atoms with Crippen molar-refractivity contribution < 1.29 is 14.7 Å². The van der Waals surface area contributed by atoms with Gasteiger partial charge >= 0.3 is 5.97 Å². The van der Waals surface area contributed by atoms with E-state index < -0.39 is 12.0 Å². The van der Waals surface area contributed by atoms with E-state index in [0.717, 1.165) is 15.6 Å². The van der Waals surface area contributed by atoms with E-state index in [9.17, 15) is 9.59 Å². The van der Waals surface area contributed by atoms with Crippen LogP contribution < -0.4 is 5.32 Å². The van der Waals surface area contributed by atoms with Crippen molar-refractivity contribution in [1.29, 1.82) is 0 Å². The van der Waals surface area contributed by atoms with Crippen molar-refractivity contribution >= 4 is 33.3 Å². The summed E-state index contributed by atoms with van der Waals surface area (Å²) in [5.74, 6) is -1.29. The van der Waals surface area contributed by atoms with Crippen molar-refractivity contribution in [2.45, 2.75) is 32.7 Å². The molecule has 0 aliphatic heterocycles. The Morgan fingerprint density at radius 3 is 2.65 bits per heavy atom. The lowest BCUT2D eigenvalue weighted by Gasteiger charge is -2.13. The van der Waals surface area contributed by atoms with Crippen LogP contribution in [-0.2, 0) is 4.79 Å². The van der Waals surface area contributed by atoms with E-state index in [-0.39, 0.29) is 5.91 Å². The molecule has 20 heavy (non-hydrogen) atoms. The largest absolute Gasteiger partial charge is 0.480 e. The van der Waals surface area contributed by atoms with Crippen LogP contribution in [0.2, 0.25) is 0 Å². The number of hydrogen-bond donors (Lipinski definition) is 2. The standard InChI is InChI=1S/C15H17NO3S/c1-3-6-11(15(18)19)16-14(17)13-9(2)10-7-4-5-8-12(10)20-13/h4-5,7-8,11H,3,6H2,1-2H3,(H,16,17)(H,18,19). The molecule has 2 N–H and O–H groups in total. The van der Waals surface area contributed by atoms with E-state index in [1.165, 1.54) is 11.3 Å². The van der Waals surface area contributed by atoms with Gasteiger partial charge in [-0.2, -0.15) is 0 Å². The van der Waals surface area contributed by atoms with Crippen LogP contribution in [0.25, 0.3) is 10.1 Å². The fourth-order valence-electron chi connectivity index (χ4n) is 2.16. The second kappa shape index (κ2) is 6.05. The van der Waals surface area contributed by atoms with Crippen molar-refractivity contribution in [2.75, 3.05) is 0 Å². The Bertz CT molecular complexity index is 648. The first kappa shape index (κ1) is 14.5. The molecule has 0 aliphatic rings. The van der Waals surface area contributed by atoms with Crippen LogP contribution in [0.4, 0.5) is 0 Å². The lowest BCUT2D eigenvalue weighted by molar-refractivity contribution is -0.139. The Hall–Kier alpha value is -1.88. The fraction of sp³-hybridized carbons (Fsp3) is 0.333. The maximum Gasteiger partial charge on any atom is 0.326 e. The maximum atomic E-state index is 12.3. The van der Waals surface area contributed by atoms with Gasteiger partial charge in [-0.25, -0.2) is 4.79 Å². The highest BCUT2D eigenvalue weighted by atomic mass is 32.1. The zero-order chi connectivity index (χ0) is 14.7. The van der Waals surface area contributed by atoms with Gasteiger partial charge < -0.3 is 10.4 Å². The first-order valence-electron chi connectivity index (χ1n) is 6.56. The van der Waals surface area contributed by atoms with Crippen LogP contribution in [0, 0.1) is 6.92 Å². The number of amides is 1. The summed E-state index contributed by atoms with van der Waals surface area (Å²) in [6, 6.07) is 6.97. The normalized spacial score (nSPS) is 12.3. The summed E-state index contributed by atoms with van der Waals surface area (Å²) >= 11 is 1.40. The summed E-state index contributed by atoms with van der Waals surface area (Å²) in [5, 5.41) is 12.8. The monoisotopic (exact) mass is 291 g/mol. The van der Waals surface area contributed by atoms with Crippen molar-refractivity contribution in [3.8, 4) is 0 Å². The minimum Gasteiger partial charge on any atom is -0.480 e. The third-order valence-corrected chi connectivity index (χ3v) is 4.50. The minimum atomic E-state index is -0.987. The highest BCUT2D eigenvalue weighted by molar-refractivity contribution is 7.21. The number of carboxylic acids is 1. The Balaban J connectivity index is 2.27. The van der Waals surface area contributed by atoms with Gasteiger partial charge in [0.15, 0.2) is 0 Å².